The Morgan fingerprint density at radius 2 is 1.74 bits per heavy atom. The Hall–Kier alpha value is -2.73. The van der Waals surface area contributed by atoms with Crippen LogP contribution < -0.4 is 0 Å². The third-order valence-electron chi connectivity index (χ3n) is 2.97. The van der Waals surface area contributed by atoms with Gasteiger partial charge in [-0.25, -0.2) is 4.98 Å². The quantitative estimate of drug-likeness (QED) is 0.621. The first-order chi connectivity index (χ1) is 9.24. The first-order valence-electron chi connectivity index (χ1n) is 5.96. The van der Waals surface area contributed by atoms with Crippen molar-refractivity contribution in [1.29, 1.82) is 0 Å². The van der Waals surface area contributed by atoms with Crippen LogP contribution in [0.3, 0.4) is 0 Å². The van der Waals surface area contributed by atoms with Crippen molar-refractivity contribution in [2.45, 2.75) is 0 Å². The maximum atomic E-state index is 9.22. The molecule has 3 aromatic rings. The van der Waals surface area contributed by atoms with Crippen LogP contribution in [0.2, 0.25) is 0 Å². The lowest BCUT2D eigenvalue weighted by Crippen LogP contribution is -1.92. The van der Waals surface area contributed by atoms with Crippen molar-refractivity contribution < 1.29 is 5.11 Å². The van der Waals surface area contributed by atoms with Crippen molar-refractivity contribution in [3.63, 3.8) is 0 Å². The van der Waals surface area contributed by atoms with Crippen LogP contribution in [0.15, 0.2) is 48.5 Å². The van der Waals surface area contributed by atoms with E-state index in [9.17, 15) is 5.11 Å². The fourth-order valence-corrected chi connectivity index (χ4v) is 1.93. The highest BCUT2D eigenvalue weighted by Crippen LogP contribution is 2.13. The van der Waals surface area contributed by atoms with Crippen molar-refractivity contribution in [3.8, 4) is 17.6 Å². The van der Waals surface area contributed by atoms with Gasteiger partial charge in [-0.2, -0.15) is 0 Å². The number of benzene rings is 2. The van der Waals surface area contributed by atoms with E-state index >= 15 is 0 Å². The predicted octanol–water partition coefficient (Wildman–Crippen LogP) is 2.68. The summed E-state index contributed by atoms with van der Waals surface area (Å²) < 4.78 is 1.97. The Morgan fingerprint density at radius 3 is 2.47 bits per heavy atom. The molecule has 2 aromatic carbocycles. The number of hydrogen-bond acceptors (Lipinski definition) is 2. The molecule has 0 aliphatic heterocycles. The highest BCUT2D eigenvalue weighted by Gasteiger charge is 2.03. The van der Waals surface area contributed by atoms with E-state index in [1.165, 1.54) is 0 Å². The molecule has 0 saturated heterocycles. The largest absolute Gasteiger partial charge is 0.508 e. The SMILES string of the molecule is Cn1c(C#Cc2ccc(O)cc2)nc2ccccc21. The van der Waals surface area contributed by atoms with Gasteiger partial charge in [0.05, 0.1) is 11.0 Å². The number of para-hydroxylation sites is 2. The van der Waals surface area contributed by atoms with Crippen LogP contribution in [0.25, 0.3) is 11.0 Å². The molecule has 0 atom stereocenters. The molecule has 0 spiro atoms. The van der Waals surface area contributed by atoms with Crippen molar-refractivity contribution in [3.05, 3.63) is 59.9 Å². The predicted molar refractivity (Wildman–Crippen MR) is 74.8 cm³/mol. The van der Waals surface area contributed by atoms with Crippen LogP contribution in [0, 0.1) is 11.8 Å². The zero-order valence-electron chi connectivity index (χ0n) is 10.5. The molecule has 0 bridgehead atoms. The molecule has 0 radical (unpaired) electrons. The Labute approximate surface area is 111 Å². The average Bonchev–Trinajstić information content (AvgIpc) is 2.76. The summed E-state index contributed by atoms with van der Waals surface area (Å²) in [5.74, 6) is 7.08. The number of rotatable bonds is 0. The summed E-state index contributed by atoms with van der Waals surface area (Å²) in [4.78, 5) is 4.48. The summed E-state index contributed by atoms with van der Waals surface area (Å²) in [5, 5.41) is 9.22. The molecule has 3 heteroatoms. The highest BCUT2D eigenvalue weighted by molar-refractivity contribution is 5.76. The molecule has 19 heavy (non-hydrogen) atoms. The Morgan fingerprint density at radius 1 is 1.00 bits per heavy atom. The number of phenols is 1. The van der Waals surface area contributed by atoms with Gasteiger partial charge < -0.3 is 9.67 Å². The molecule has 92 valence electrons. The fourth-order valence-electron chi connectivity index (χ4n) is 1.93. The Kier molecular flexibility index (Phi) is 2.70. The molecule has 1 aromatic heterocycles. The second-order valence-corrected chi connectivity index (χ2v) is 4.28. The van der Waals surface area contributed by atoms with Crippen LogP contribution in [0.4, 0.5) is 0 Å². The number of imidazole rings is 1. The Bertz CT molecular complexity index is 789. The second kappa shape index (κ2) is 4.51. The molecule has 3 rings (SSSR count). The lowest BCUT2D eigenvalue weighted by molar-refractivity contribution is 0.475. The van der Waals surface area contributed by atoms with E-state index in [0.29, 0.717) is 0 Å². The smallest absolute Gasteiger partial charge is 0.186 e. The molecule has 1 N–H and O–H groups in total. The molecule has 0 fully saturated rings. The third-order valence-corrected chi connectivity index (χ3v) is 2.97. The highest BCUT2D eigenvalue weighted by atomic mass is 16.3. The second-order valence-electron chi connectivity index (χ2n) is 4.28. The van der Waals surface area contributed by atoms with Gasteiger partial charge in [0.15, 0.2) is 5.82 Å². The van der Waals surface area contributed by atoms with E-state index in [4.69, 9.17) is 0 Å². The van der Waals surface area contributed by atoms with Gasteiger partial charge in [0, 0.05) is 12.6 Å². The normalized spacial score (nSPS) is 10.2. The van der Waals surface area contributed by atoms with E-state index < -0.39 is 0 Å². The van der Waals surface area contributed by atoms with Crippen LogP contribution in [-0.4, -0.2) is 14.7 Å². The van der Waals surface area contributed by atoms with Crippen LogP contribution in [0.5, 0.6) is 5.75 Å². The van der Waals surface area contributed by atoms with Crippen molar-refractivity contribution in [2.75, 3.05) is 0 Å². The molecule has 0 aliphatic rings. The number of aromatic hydroxyl groups is 1. The fraction of sp³-hybridized carbons (Fsp3) is 0.0625. The van der Waals surface area contributed by atoms with Crippen LogP contribution in [0.1, 0.15) is 11.4 Å². The minimum atomic E-state index is 0.244. The summed E-state index contributed by atoms with van der Waals surface area (Å²) in [5.41, 5.74) is 2.86. The monoisotopic (exact) mass is 248 g/mol. The molecule has 1 heterocycles. The summed E-state index contributed by atoms with van der Waals surface area (Å²) in [6.45, 7) is 0. The first kappa shape index (κ1) is 11.4. The van der Waals surface area contributed by atoms with Crippen molar-refractivity contribution in [1.82, 2.24) is 9.55 Å². The summed E-state index contributed by atoms with van der Waals surface area (Å²) in [6.07, 6.45) is 0. The summed E-state index contributed by atoms with van der Waals surface area (Å²) in [7, 11) is 1.95. The third kappa shape index (κ3) is 2.16. The van der Waals surface area contributed by atoms with E-state index in [1.807, 2.05) is 35.9 Å². The topological polar surface area (TPSA) is 38.0 Å². The van der Waals surface area contributed by atoms with E-state index in [2.05, 4.69) is 16.8 Å². The summed E-state index contributed by atoms with van der Waals surface area (Å²) >= 11 is 0. The number of fused-ring (bicyclic) bond motifs is 1. The molecule has 0 unspecified atom stereocenters. The molecular formula is C16H12N2O. The van der Waals surface area contributed by atoms with Crippen molar-refractivity contribution in [2.24, 2.45) is 7.05 Å². The number of aromatic nitrogens is 2. The zero-order valence-corrected chi connectivity index (χ0v) is 10.5. The maximum Gasteiger partial charge on any atom is 0.186 e. The minimum absolute atomic E-state index is 0.244. The minimum Gasteiger partial charge on any atom is -0.508 e. The zero-order chi connectivity index (χ0) is 13.2. The standard InChI is InChI=1S/C16H12N2O/c1-18-15-5-3-2-4-14(15)17-16(18)11-8-12-6-9-13(19)10-7-12/h2-7,9-10,19H,1H3. The Balaban J connectivity index is 2.02. The van der Waals surface area contributed by atoms with Gasteiger partial charge in [0.1, 0.15) is 5.75 Å². The number of phenolic OH excluding ortho intramolecular Hbond substituents is 1. The molecule has 0 saturated carbocycles. The van der Waals surface area contributed by atoms with E-state index in [0.717, 1.165) is 22.4 Å². The lowest BCUT2D eigenvalue weighted by Gasteiger charge is -1.94. The van der Waals surface area contributed by atoms with Gasteiger partial charge in [-0.3, -0.25) is 0 Å². The van der Waals surface area contributed by atoms with Gasteiger partial charge in [-0.05, 0) is 42.3 Å². The number of nitrogens with zero attached hydrogens (tertiary/aromatic N) is 2. The average molecular weight is 248 g/mol. The molecule has 0 amide bonds. The number of aryl methyl sites for hydroxylation is 1. The van der Waals surface area contributed by atoms with E-state index in [-0.39, 0.29) is 5.75 Å². The molecule has 0 aliphatic carbocycles. The van der Waals surface area contributed by atoms with Gasteiger partial charge in [0.25, 0.3) is 0 Å². The molecule has 3 nitrogen and oxygen atoms in total. The number of hydrogen-bond donors (Lipinski definition) is 1. The first-order valence-corrected chi connectivity index (χ1v) is 5.96. The van der Waals surface area contributed by atoms with Crippen LogP contribution in [-0.2, 0) is 7.05 Å². The van der Waals surface area contributed by atoms with Gasteiger partial charge in [0.2, 0.25) is 0 Å². The summed E-state index contributed by atoms with van der Waals surface area (Å²) in [6, 6.07) is 14.8. The van der Waals surface area contributed by atoms with Crippen molar-refractivity contribution >= 4 is 11.0 Å². The van der Waals surface area contributed by atoms with Crippen LogP contribution >= 0.6 is 0 Å². The van der Waals surface area contributed by atoms with Gasteiger partial charge in [-0.15, -0.1) is 0 Å². The lowest BCUT2D eigenvalue weighted by atomic mass is 10.2. The van der Waals surface area contributed by atoms with Gasteiger partial charge in [-0.1, -0.05) is 18.1 Å². The van der Waals surface area contributed by atoms with Gasteiger partial charge >= 0.3 is 0 Å². The molecular weight excluding hydrogens is 236 g/mol. The maximum absolute atomic E-state index is 9.22. The van der Waals surface area contributed by atoms with E-state index in [1.54, 1.807) is 24.3 Å².